The van der Waals surface area contributed by atoms with E-state index in [1.54, 1.807) is 0 Å². The summed E-state index contributed by atoms with van der Waals surface area (Å²) in [5, 5.41) is 6.88. The van der Waals surface area contributed by atoms with E-state index < -0.39 is 0 Å². The van der Waals surface area contributed by atoms with Gasteiger partial charge in [-0.1, -0.05) is 12.1 Å². The van der Waals surface area contributed by atoms with E-state index in [1.807, 2.05) is 0 Å². The van der Waals surface area contributed by atoms with Crippen LogP contribution in [0.3, 0.4) is 0 Å². The minimum Gasteiger partial charge on any atom is -0.491 e. The molecule has 0 amide bonds. The maximum Gasteiger partial charge on any atom is 0.191 e. The lowest BCUT2D eigenvalue weighted by Gasteiger charge is -2.38. The van der Waals surface area contributed by atoms with Crippen molar-refractivity contribution in [3.63, 3.8) is 0 Å². The number of guanidine groups is 1. The van der Waals surface area contributed by atoms with Gasteiger partial charge in [-0.25, -0.2) is 4.99 Å². The first-order valence-electron chi connectivity index (χ1n) is 11.8. The fourth-order valence-corrected chi connectivity index (χ4v) is 4.15. The zero-order valence-corrected chi connectivity index (χ0v) is 22.4. The molecule has 0 spiro atoms. The molecule has 0 saturated carbocycles. The molecule has 182 valence electrons. The van der Waals surface area contributed by atoms with Gasteiger partial charge in [-0.05, 0) is 52.2 Å². The Bertz CT molecular complexity index is 712. The summed E-state index contributed by atoms with van der Waals surface area (Å²) in [5.74, 6) is 1.74. The second kappa shape index (κ2) is 14.2. The molecule has 2 aliphatic rings. The van der Waals surface area contributed by atoms with E-state index >= 15 is 0 Å². The van der Waals surface area contributed by atoms with Crippen molar-refractivity contribution < 1.29 is 14.2 Å². The van der Waals surface area contributed by atoms with Crippen LogP contribution in [0.1, 0.15) is 44.7 Å². The summed E-state index contributed by atoms with van der Waals surface area (Å²) in [4.78, 5) is 7.33. The predicted molar refractivity (Wildman–Crippen MR) is 140 cm³/mol. The molecular weight excluding hydrogens is 519 g/mol. The van der Waals surface area contributed by atoms with Crippen molar-refractivity contribution in [1.82, 2.24) is 15.5 Å². The third-order valence-corrected chi connectivity index (χ3v) is 5.97. The molecule has 0 radical (unpaired) electrons. The van der Waals surface area contributed by atoms with Crippen molar-refractivity contribution in [2.45, 2.75) is 65.3 Å². The molecule has 2 aliphatic heterocycles. The Kier molecular flexibility index (Phi) is 12.1. The molecule has 1 aromatic rings. The van der Waals surface area contributed by atoms with Gasteiger partial charge < -0.3 is 24.8 Å². The van der Waals surface area contributed by atoms with Crippen LogP contribution in [0, 0.1) is 6.92 Å². The molecule has 2 fully saturated rings. The molecule has 3 atom stereocenters. The minimum atomic E-state index is 0. The fourth-order valence-electron chi connectivity index (χ4n) is 4.15. The Labute approximate surface area is 210 Å². The number of aliphatic imine (C=N–C) groups is 1. The summed E-state index contributed by atoms with van der Waals surface area (Å²) in [6, 6.07) is 7.19. The first-order valence-corrected chi connectivity index (χ1v) is 11.8. The fraction of sp³-hybridized carbons (Fsp3) is 0.708. The van der Waals surface area contributed by atoms with Crippen molar-refractivity contribution in [3.05, 3.63) is 29.3 Å². The molecule has 8 heteroatoms. The van der Waals surface area contributed by atoms with Crippen molar-refractivity contribution >= 4 is 29.9 Å². The Hall–Kier alpha value is -1.10. The molecule has 0 aromatic heterocycles. The van der Waals surface area contributed by atoms with Gasteiger partial charge in [-0.15, -0.1) is 24.0 Å². The first-order chi connectivity index (χ1) is 15.1. The van der Waals surface area contributed by atoms with Gasteiger partial charge in [-0.2, -0.15) is 0 Å². The van der Waals surface area contributed by atoms with Crippen molar-refractivity contribution in [2.75, 3.05) is 46.1 Å². The summed E-state index contributed by atoms with van der Waals surface area (Å²) in [6.45, 7) is 14.9. The Morgan fingerprint density at radius 1 is 1.31 bits per heavy atom. The standard InChI is InChI=1S/C24H40N4O3.HI/c1-5-25-24(26-14-19(3)28-10-12-29-16-20(28)4)27-15-21-9-8-18(2)13-23(21)31-17-22-7-6-11-30-22;/h8-9,13,19-20,22H,5-7,10-12,14-17H2,1-4H3,(H2,25,26,27);1H. The number of ether oxygens (including phenoxy) is 3. The zero-order valence-electron chi connectivity index (χ0n) is 20.1. The second-order valence-electron chi connectivity index (χ2n) is 8.64. The molecule has 0 aliphatic carbocycles. The molecule has 32 heavy (non-hydrogen) atoms. The highest BCUT2D eigenvalue weighted by Gasteiger charge is 2.23. The number of rotatable bonds is 9. The lowest BCUT2D eigenvalue weighted by molar-refractivity contribution is -0.0174. The van der Waals surface area contributed by atoms with Crippen LogP contribution in [0.15, 0.2) is 23.2 Å². The van der Waals surface area contributed by atoms with E-state index in [2.05, 4.69) is 61.4 Å². The summed E-state index contributed by atoms with van der Waals surface area (Å²) in [6.07, 6.45) is 2.41. The van der Waals surface area contributed by atoms with Gasteiger partial charge in [-0.3, -0.25) is 4.90 Å². The quantitative estimate of drug-likeness (QED) is 0.275. The SMILES string of the molecule is CCNC(=NCc1ccc(C)cc1OCC1CCCO1)NCC(C)N1CCOCC1C.I. The van der Waals surface area contributed by atoms with Crippen LogP contribution in [0.4, 0.5) is 0 Å². The van der Waals surface area contributed by atoms with E-state index in [1.165, 1.54) is 5.56 Å². The van der Waals surface area contributed by atoms with E-state index in [4.69, 9.17) is 19.2 Å². The third-order valence-electron chi connectivity index (χ3n) is 5.97. The van der Waals surface area contributed by atoms with Crippen molar-refractivity contribution in [2.24, 2.45) is 4.99 Å². The van der Waals surface area contributed by atoms with Gasteiger partial charge in [0.05, 0.1) is 25.9 Å². The predicted octanol–water partition coefficient (Wildman–Crippen LogP) is 3.34. The molecule has 7 nitrogen and oxygen atoms in total. The Morgan fingerprint density at radius 2 is 2.16 bits per heavy atom. The van der Waals surface area contributed by atoms with Crippen molar-refractivity contribution in [1.29, 1.82) is 0 Å². The van der Waals surface area contributed by atoms with E-state index in [9.17, 15) is 0 Å². The first kappa shape index (κ1) is 27.1. The highest BCUT2D eigenvalue weighted by Crippen LogP contribution is 2.23. The number of nitrogens with zero attached hydrogens (tertiary/aromatic N) is 2. The average molecular weight is 561 g/mol. The average Bonchev–Trinajstić information content (AvgIpc) is 3.29. The number of hydrogen-bond acceptors (Lipinski definition) is 5. The summed E-state index contributed by atoms with van der Waals surface area (Å²) < 4.78 is 17.4. The van der Waals surface area contributed by atoms with Gasteiger partial charge in [0.15, 0.2) is 5.96 Å². The number of halogens is 1. The number of benzene rings is 1. The molecule has 2 heterocycles. The Morgan fingerprint density at radius 3 is 2.88 bits per heavy atom. The smallest absolute Gasteiger partial charge is 0.191 e. The van der Waals surface area contributed by atoms with Crippen molar-refractivity contribution in [3.8, 4) is 5.75 Å². The largest absolute Gasteiger partial charge is 0.491 e. The number of morpholine rings is 1. The van der Waals surface area contributed by atoms with Crippen LogP contribution in [-0.2, 0) is 16.0 Å². The number of aryl methyl sites for hydroxylation is 1. The number of nitrogens with one attached hydrogen (secondary N) is 2. The van der Waals surface area contributed by atoms with Crippen LogP contribution >= 0.6 is 24.0 Å². The summed E-state index contributed by atoms with van der Waals surface area (Å²) in [5.41, 5.74) is 2.28. The van der Waals surface area contributed by atoms with Gasteiger partial charge in [0.25, 0.3) is 0 Å². The second-order valence-corrected chi connectivity index (χ2v) is 8.64. The summed E-state index contributed by atoms with van der Waals surface area (Å²) >= 11 is 0. The molecule has 3 rings (SSSR count). The minimum absolute atomic E-state index is 0. The maximum absolute atomic E-state index is 6.13. The molecule has 2 N–H and O–H groups in total. The molecule has 0 bridgehead atoms. The van der Waals surface area contributed by atoms with Crippen LogP contribution in [-0.4, -0.2) is 75.1 Å². The normalized spacial score (nSPS) is 22.8. The highest BCUT2D eigenvalue weighted by molar-refractivity contribution is 14.0. The molecule has 2 saturated heterocycles. The van der Waals surface area contributed by atoms with E-state index in [0.29, 0.717) is 25.2 Å². The van der Waals surface area contributed by atoms with Crippen LogP contribution < -0.4 is 15.4 Å². The monoisotopic (exact) mass is 560 g/mol. The van der Waals surface area contributed by atoms with E-state index in [0.717, 1.165) is 69.6 Å². The van der Waals surface area contributed by atoms with Crippen LogP contribution in [0.5, 0.6) is 5.75 Å². The zero-order chi connectivity index (χ0) is 22.1. The third kappa shape index (κ3) is 8.35. The maximum atomic E-state index is 6.13. The lowest BCUT2D eigenvalue weighted by Crippen LogP contribution is -2.53. The topological polar surface area (TPSA) is 67.4 Å². The van der Waals surface area contributed by atoms with Gasteiger partial charge in [0.2, 0.25) is 0 Å². The van der Waals surface area contributed by atoms with Gasteiger partial charge >= 0.3 is 0 Å². The van der Waals surface area contributed by atoms with Gasteiger partial charge in [0.1, 0.15) is 12.4 Å². The highest BCUT2D eigenvalue weighted by atomic mass is 127. The number of hydrogen-bond donors (Lipinski definition) is 2. The molecule has 3 unspecified atom stereocenters. The molecular formula is C24H41IN4O3. The summed E-state index contributed by atoms with van der Waals surface area (Å²) in [7, 11) is 0. The van der Waals surface area contributed by atoms with E-state index in [-0.39, 0.29) is 30.1 Å². The van der Waals surface area contributed by atoms with Crippen LogP contribution in [0.25, 0.3) is 0 Å². The van der Waals surface area contributed by atoms with Gasteiger partial charge in [0, 0.05) is 43.9 Å². The molecule has 1 aromatic carbocycles. The van der Waals surface area contributed by atoms with Crippen LogP contribution in [0.2, 0.25) is 0 Å². The lowest BCUT2D eigenvalue weighted by atomic mass is 10.1. The Balaban J connectivity index is 0.00000363.